The van der Waals surface area contributed by atoms with Gasteiger partial charge in [0.05, 0.1) is 0 Å². The lowest BCUT2D eigenvalue weighted by Gasteiger charge is -2.05. The maximum absolute atomic E-state index is 8.30. The topological polar surface area (TPSA) is 78.5 Å². The van der Waals surface area contributed by atoms with Gasteiger partial charge in [0.25, 0.3) is 0 Å². The van der Waals surface area contributed by atoms with E-state index in [2.05, 4.69) is 5.32 Å². The predicted octanol–water partition coefficient (Wildman–Crippen LogP) is -0.782. The van der Waals surface area contributed by atoms with E-state index in [0.717, 1.165) is 0 Å². The molecule has 4 nitrogen and oxygen atoms in total. The summed E-state index contributed by atoms with van der Waals surface area (Å²) in [4.78, 5) is 0. The highest BCUT2D eigenvalue weighted by Gasteiger charge is 1.98. The van der Waals surface area contributed by atoms with E-state index >= 15 is 0 Å². The van der Waals surface area contributed by atoms with Gasteiger partial charge >= 0.3 is 0 Å². The van der Waals surface area contributed by atoms with Crippen molar-refractivity contribution in [1.29, 1.82) is 0 Å². The first-order valence-electron chi connectivity index (χ1n) is 3.14. The SMILES string of the molecule is CC(C)(N)O.CNC(C)O. The van der Waals surface area contributed by atoms with Gasteiger partial charge in [-0.25, -0.2) is 0 Å². The third-order valence-corrected chi connectivity index (χ3v) is 0.418. The molecule has 0 aromatic heterocycles. The van der Waals surface area contributed by atoms with Crippen LogP contribution in [0.5, 0.6) is 0 Å². The summed E-state index contributed by atoms with van der Waals surface area (Å²) >= 11 is 0. The summed E-state index contributed by atoms with van der Waals surface area (Å²) in [7, 11) is 1.70. The van der Waals surface area contributed by atoms with E-state index in [0.29, 0.717) is 0 Å². The molecule has 0 fully saturated rings. The second-order valence-corrected chi connectivity index (χ2v) is 2.62. The summed E-state index contributed by atoms with van der Waals surface area (Å²) in [6.07, 6.45) is -0.366. The molecule has 0 aromatic rings. The Labute approximate surface area is 62.0 Å². The summed E-state index contributed by atoms with van der Waals surface area (Å²) in [6, 6.07) is 0. The summed E-state index contributed by atoms with van der Waals surface area (Å²) in [6.45, 7) is 4.71. The van der Waals surface area contributed by atoms with Crippen molar-refractivity contribution in [2.45, 2.75) is 32.7 Å². The van der Waals surface area contributed by atoms with Gasteiger partial charge in [-0.2, -0.15) is 0 Å². The highest BCUT2D eigenvalue weighted by molar-refractivity contribution is 4.47. The smallest absolute Gasteiger partial charge is 0.107 e. The van der Waals surface area contributed by atoms with Gasteiger partial charge in [-0.05, 0) is 27.8 Å². The highest BCUT2D eigenvalue weighted by Crippen LogP contribution is 1.82. The standard InChI is InChI=1S/2C3H9NO/c1-3(5)4-2;1-3(2,4)5/h3-5H,1-2H3;5H,4H2,1-2H3. The summed E-state index contributed by atoms with van der Waals surface area (Å²) in [5.41, 5.74) is 3.91. The maximum atomic E-state index is 8.30. The van der Waals surface area contributed by atoms with Crippen molar-refractivity contribution in [3.8, 4) is 0 Å². The minimum atomic E-state index is -1.00. The van der Waals surface area contributed by atoms with E-state index in [-0.39, 0.29) is 6.23 Å². The first-order chi connectivity index (χ1) is 4.27. The van der Waals surface area contributed by atoms with Crippen LogP contribution in [0.25, 0.3) is 0 Å². The third-order valence-electron chi connectivity index (χ3n) is 0.418. The molecule has 1 atom stereocenters. The molecule has 0 heterocycles. The van der Waals surface area contributed by atoms with Crippen molar-refractivity contribution in [3.63, 3.8) is 0 Å². The second-order valence-electron chi connectivity index (χ2n) is 2.62. The monoisotopic (exact) mass is 150 g/mol. The van der Waals surface area contributed by atoms with Crippen LogP contribution in [0.4, 0.5) is 0 Å². The van der Waals surface area contributed by atoms with Crippen molar-refractivity contribution < 1.29 is 10.2 Å². The molecule has 0 saturated carbocycles. The van der Waals surface area contributed by atoms with E-state index in [4.69, 9.17) is 15.9 Å². The van der Waals surface area contributed by atoms with Crippen LogP contribution >= 0.6 is 0 Å². The second kappa shape index (κ2) is 5.61. The van der Waals surface area contributed by atoms with Gasteiger partial charge in [0, 0.05) is 0 Å². The van der Waals surface area contributed by atoms with Crippen LogP contribution in [-0.2, 0) is 0 Å². The van der Waals surface area contributed by atoms with Gasteiger partial charge in [-0.15, -0.1) is 0 Å². The molecule has 0 bridgehead atoms. The number of aliphatic hydroxyl groups is 2. The zero-order valence-electron chi connectivity index (χ0n) is 7.05. The molecule has 0 spiro atoms. The zero-order valence-corrected chi connectivity index (χ0v) is 7.05. The minimum absolute atomic E-state index is 0.366. The van der Waals surface area contributed by atoms with E-state index in [1.54, 1.807) is 14.0 Å². The normalized spacial score (nSPS) is 13.5. The van der Waals surface area contributed by atoms with Crippen molar-refractivity contribution in [1.82, 2.24) is 5.32 Å². The summed E-state index contributed by atoms with van der Waals surface area (Å²) < 4.78 is 0. The van der Waals surface area contributed by atoms with Crippen molar-refractivity contribution in [2.75, 3.05) is 7.05 Å². The van der Waals surface area contributed by atoms with Crippen molar-refractivity contribution >= 4 is 0 Å². The summed E-state index contributed by atoms with van der Waals surface area (Å²) in [5, 5.41) is 19.1. The molecule has 0 saturated heterocycles. The van der Waals surface area contributed by atoms with Crippen LogP contribution in [0, 0.1) is 0 Å². The molecule has 10 heavy (non-hydrogen) atoms. The Morgan fingerprint density at radius 3 is 1.60 bits per heavy atom. The van der Waals surface area contributed by atoms with Crippen LogP contribution in [-0.4, -0.2) is 29.2 Å². The lowest BCUT2D eigenvalue weighted by molar-refractivity contribution is 0.0881. The number of aliphatic hydroxyl groups excluding tert-OH is 1. The van der Waals surface area contributed by atoms with Gasteiger partial charge in [0.1, 0.15) is 12.0 Å². The molecule has 0 aliphatic heterocycles. The quantitative estimate of drug-likeness (QED) is 0.370. The van der Waals surface area contributed by atoms with E-state index < -0.39 is 5.72 Å². The third kappa shape index (κ3) is 108. The van der Waals surface area contributed by atoms with Crippen LogP contribution in [0.2, 0.25) is 0 Å². The van der Waals surface area contributed by atoms with Gasteiger partial charge in [0.2, 0.25) is 0 Å². The van der Waals surface area contributed by atoms with Gasteiger partial charge in [0.15, 0.2) is 0 Å². The fourth-order valence-corrected chi connectivity index (χ4v) is 0. The van der Waals surface area contributed by atoms with Crippen molar-refractivity contribution in [3.05, 3.63) is 0 Å². The van der Waals surface area contributed by atoms with E-state index in [1.807, 2.05) is 0 Å². The van der Waals surface area contributed by atoms with Gasteiger partial charge in [-0.1, -0.05) is 0 Å². The van der Waals surface area contributed by atoms with Crippen LogP contribution in [0.15, 0.2) is 0 Å². The first-order valence-corrected chi connectivity index (χ1v) is 3.14. The number of nitrogens with one attached hydrogen (secondary N) is 1. The molecular weight excluding hydrogens is 132 g/mol. The molecule has 64 valence electrons. The first kappa shape index (κ1) is 12.5. The Morgan fingerprint density at radius 1 is 1.50 bits per heavy atom. The fraction of sp³-hybridized carbons (Fsp3) is 1.00. The molecule has 1 unspecified atom stereocenters. The van der Waals surface area contributed by atoms with E-state index in [1.165, 1.54) is 13.8 Å². The van der Waals surface area contributed by atoms with E-state index in [9.17, 15) is 0 Å². The largest absolute Gasteiger partial charge is 0.379 e. The average Bonchev–Trinajstić information content (AvgIpc) is 1.61. The van der Waals surface area contributed by atoms with Crippen LogP contribution in [0.3, 0.4) is 0 Å². The molecule has 0 amide bonds. The predicted molar refractivity (Wildman–Crippen MR) is 41.2 cm³/mol. The lowest BCUT2D eigenvalue weighted by Crippen LogP contribution is -2.30. The highest BCUT2D eigenvalue weighted by atomic mass is 16.3. The molecule has 0 aromatic carbocycles. The Bertz CT molecular complexity index is 62.6. The Balaban J connectivity index is 0. The Morgan fingerprint density at radius 2 is 1.60 bits per heavy atom. The molecule has 0 aliphatic carbocycles. The fourth-order valence-electron chi connectivity index (χ4n) is 0. The Hall–Kier alpha value is -0.160. The number of hydrogen-bond acceptors (Lipinski definition) is 4. The number of rotatable bonds is 1. The van der Waals surface area contributed by atoms with Gasteiger partial charge < -0.3 is 15.9 Å². The molecule has 5 N–H and O–H groups in total. The van der Waals surface area contributed by atoms with Crippen LogP contribution < -0.4 is 11.1 Å². The molecule has 0 radical (unpaired) electrons. The summed E-state index contributed by atoms with van der Waals surface area (Å²) in [5.74, 6) is 0. The molecule has 4 heteroatoms. The zero-order chi connectivity index (χ0) is 8.78. The maximum Gasteiger partial charge on any atom is 0.107 e. The average molecular weight is 150 g/mol. The molecular formula is C6H18N2O2. The minimum Gasteiger partial charge on any atom is -0.379 e. The lowest BCUT2D eigenvalue weighted by atomic mass is 10.4. The Kier molecular flexibility index (Phi) is 7.02. The van der Waals surface area contributed by atoms with Gasteiger partial charge in [-0.3, -0.25) is 5.32 Å². The number of hydrogen-bond donors (Lipinski definition) is 4. The molecule has 0 rings (SSSR count). The van der Waals surface area contributed by atoms with Crippen molar-refractivity contribution in [2.24, 2.45) is 5.73 Å². The van der Waals surface area contributed by atoms with Crippen LogP contribution in [0.1, 0.15) is 20.8 Å². The number of nitrogens with two attached hydrogens (primary N) is 1. The molecule has 0 aliphatic rings.